The molecule has 3 rings (SSSR count). The zero-order chi connectivity index (χ0) is 17.4. The van der Waals surface area contributed by atoms with Crippen LogP contribution in [0, 0.1) is 12.8 Å². The number of aromatic hydroxyl groups is 1. The van der Waals surface area contributed by atoms with E-state index in [1.165, 1.54) is 0 Å². The summed E-state index contributed by atoms with van der Waals surface area (Å²) in [6.07, 6.45) is 5.32. The van der Waals surface area contributed by atoms with E-state index in [0.29, 0.717) is 24.8 Å². The third kappa shape index (κ3) is 2.68. The topological polar surface area (TPSA) is 83.8 Å². The predicted molar refractivity (Wildman–Crippen MR) is 88.1 cm³/mol. The Kier molecular flexibility index (Phi) is 4.35. The van der Waals surface area contributed by atoms with Crippen LogP contribution in [-0.2, 0) is 29.0 Å². The standard InChI is InChI=1S/C19H22O5/c1-3-13-10(2)15-9-24-19(23)16(15)17(20)14(13)7-5-11-4-6-12(8-11)18(21)22/h5,12,20H,3-4,6-9H2,1-2H3,(H,21,22)/t12-/m1/s1. The van der Waals surface area contributed by atoms with Gasteiger partial charge in [-0.3, -0.25) is 4.79 Å². The van der Waals surface area contributed by atoms with Crippen LogP contribution >= 0.6 is 0 Å². The summed E-state index contributed by atoms with van der Waals surface area (Å²) in [5.74, 6) is -1.48. The Morgan fingerprint density at radius 2 is 2.12 bits per heavy atom. The molecule has 1 heterocycles. The molecule has 0 saturated heterocycles. The van der Waals surface area contributed by atoms with Crippen LogP contribution in [0.3, 0.4) is 0 Å². The highest BCUT2D eigenvalue weighted by Crippen LogP contribution is 2.39. The lowest BCUT2D eigenvalue weighted by molar-refractivity contribution is -0.141. The van der Waals surface area contributed by atoms with Crippen LogP contribution in [0.4, 0.5) is 0 Å². The van der Waals surface area contributed by atoms with Crippen molar-refractivity contribution in [2.75, 3.05) is 0 Å². The molecule has 2 N–H and O–H groups in total. The Bertz CT molecular complexity index is 745. The van der Waals surface area contributed by atoms with E-state index in [1.54, 1.807) is 0 Å². The van der Waals surface area contributed by atoms with Crippen molar-refractivity contribution in [1.29, 1.82) is 0 Å². The number of carbonyl (C=O) groups excluding carboxylic acids is 1. The third-order valence-corrected chi connectivity index (χ3v) is 5.27. The molecule has 0 radical (unpaired) electrons. The molecular formula is C19H22O5. The lowest BCUT2D eigenvalue weighted by atomic mass is 9.89. The van der Waals surface area contributed by atoms with Crippen LogP contribution in [0.5, 0.6) is 5.75 Å². The van der Waals surface area contributed by atoms with E-state index >= 15 is 0 Å². The largest absolute Gasteiger partial charge is 0.507 e. The molecule has 0 unspecified atom stereocenters. The fourth-order valence-electron chi connectivity index (χ4n) is 3.86. The van der Waals surface area contributed by atoms with Crippen molar-refractivity contribution in [2.24, 2.45) is 5.92 Å². The number of carbonyl (C=O) groups is 2. The fraction of sp³-hybridized carbons (Fsp3) is 0.474. The second kappa shape index (κ2) is 6.30. The number of phenolic OH excluding ortho intramolecular Hbond substituents is 1. The van der Waals surface area contributed by atoms with Crippen LogP contribution in [0.15, 0.2) is 11.6 Å². The maximum absolute atomic E-state index is 11.9. The van der Waals surface area contributed by atoms with Crippen LogP contribution in [0.2, 0.25) is 0 Å². The normalized spacial score (nSPS) is 21.2. The number of fused-ring (bicyclic) bond motifs is 1. The number of cyclic esters (lactones) is 1. The van der Waals surface area contributed by atoms with Gasteiger partial charge in [-0.25, -0.2) is 4.79 Å². The summed E-state index contributed by atoms with van der Waals surface area (Å²) >= 11 is 0. The van der Waals surface area contributed by atoms with Crippen LogP contribution in [-0.4, -0.2) is 22.2 Å². The van der Waals surface area contributed by atoms with Gasteiger partial charge < -0.3 is 14.9 Å². The van der Waals surface area contributed by atoms with E-state index in [4.69, 9.17) is 9.84 Å². The Balaban J connectivity index is 1.94. The zero-order valence-electron chi connectivity index (χ0n) is 14.0. The number of benzene rings is 1. The van der Waals surface area contributed by atoms with Gasteiger partial charge in [0.2, 0.25) is 0 Å². The fourth-order valence-corrected chi connectivity index (χ4v) is 3.86. The number of phenols is 1. The molecule has 1 aromatic carbocycles. The van der Waals surface area contributed by atoms with Gasteiger partial charge in [-0.1, -0.05) is 18.6 Å². The SMILES string of the molecule is CCc1c(C)c2c(c(O)c1CC=C1CC[C@@H](C(=O)O)C1)C(=O)OC2. The minimum absolute atomic E-state index is 0.0274. The lowest BCUT2D eigenvalue weighted by Crippen LogP contribution is -2.08. The minimum Gasteiger partial charge on any atom is -0.507 e. The molecule has 1 atom stereocenters. The smallest absolute Gasteiger partial charge is 0.342 e. The Hall–Kier alpha value is -2.30. The van der Waals surface area contributed by atoms with Gasteiger partial charge >= 0.3 is 11.9 Å². The number of allylic oxidation sites excluding steroid dienone is 2. The van der Waals surface area contributed by atoms with E-state index < -0.39 is 11.9 Å². The number of hydrogen-bond donors (Lipinski definition) is 2. The summed E-state index contributed by atoms with van der Waals surface area (Å²) in [6, 6.07) is 0. The van der Waals surface area contributed by atoms with Crippen molar-refractivity contribution in [3.05, 3.63) is 39.5 Å². The maximum Gasteiger partial charge on any atom is 0.342 e. The second-order valence-electron chi connectivity index (χ2n) is 6.56. The number of aliphatic carboxylic acids is 1. The van der Waals surface area contributed by atoms with Gasteiger partial charge in [0.1, 0.15) is 17.9 Å². The number of carboxylic acids is 1. The molecule has 1 aliphatic carbocycles. The monoisotopic (exact) mass is 330 g/mol. The van der Waals surface area contributed by atoms with Gasteiger partial charge in [0.25, 0.3) is 0 Å². The molecular weight excluding hydrogens is 308 g/mol. The van der Waals surface area contributed by atoms with E-state index in [9.17, 15) is 14.7 Å². The summed E-state index contributed by atoms with van der Waals surface area (Å²) < 4.78 is 5.08. The average Bonchev–Trinajstić information content (AvgIpc) is 3.16. The molecule has 5 nitrogen and oxygen atoms in total. The lowest BCUT2D eigenvalue weighted by Gasteiger charge is -2.16. The first kappa shape index (κ1) is 16.6. The maximum atomic E-state index is 11.9. The van der Waals surface area contributed by atoms with Crippen molar-refractivity contribution in [2.45, 2.75) is 52.6 Å². The van der Waals surface area contributed by atoms with Crippen molar-refractivity contribution in [1.82, 2.24) is 0 Å². The van der Waals surface area contributed by atoms with Crippen LogP contribution in [0.25, 0.3) is 0 Å². The molecule has 1 saturated carbocycles. The number of rotatable bonds is 4. The van der Waals surface area contributed by atoms with E-state index in [-0.39, 0.29) is 18.3 Å². The molecule has 1 aromatic rings. The summed E-state index contributed by atoms with van der Waals surface area (Å²) in [4.78, 5) is 23.0. The zero-order valence-corrected chi connectivity index (χ0v) is 14.0. The summed E-state index contributed by atoms with van der Waals surface area (Å²) in [5.41, 5.74) is 5.03. The first-order valence-electron chi connectivity index (χ1n) is 8.38. The van der Waals surface area contributed by atoms with Gasteiger partial charge in [0, 0.05) is 11.1 Å². The number of hydrogen-bond acceptors (Lipinski definition) is 4. The first-order valence-corrected chi connectivity index (χ1v) is 8.38. The molecule has 0 bridgehead atoms. The summed E-state index contributed by atoms with van der Waals surface area (Å²) in [6.45, 7) is 4.21. The van der Waals surface area contributed by atoms with Crippen molar-refractivity contribution < 1.29 is 24.5 Å². The Morgan fingerprint density at radius 1 is 1.38 bits per heavy atom. The molecule has 128 valence electrons. The number of carboxylic acid groups (broad SMARTS) is 1. The highest BCUT2D eigenvalue weighted by Gasteiger charge is 2.31. The first-order chi connectivity index (χ1) is 11.4. The second-order valence-corrected chi connectivity index (χ2v) is 6.56. The predicted octanol–water partition coefficient (Wildman–Crippen LogP) is 3.29. The van der Waals surface area contributed by atoms with Crippen molar-refractivity contribution in [3.63, 3.8) is 0 Å². The van der Waals surface area contributed by atoms with Gasteiger partial charge in [-0.15, -0.1) is 0 Å². The molecule has 24 heavy (non-hydrogen) atoms. The molecule has 2 aliphatic rings. The molecule has 0 amide bonds. The van der Waals surface area contributed by atoms with E-state index in [1.807, 2.05) is 19.9 Å². The van der Waals surface area contributed by atoms with Gasteiger partial charge in [-0.2, -0.15) is 0 Å². The number of ether oxygens (including phenoxy) is 1. The van der Waals surface area contributed by atoms with Gasteiger partial charge in [0.05, 0.1) is 5.92 Å². The molecule has 0 spiro atoms. The van der Waals surface area contributed by atoms with Crippen LogP contribution in [0.1, 0.15) is 58.8 Å². The molecule has 1 aliphatic heterocycles. The Morgan fingerprint density at radius 3 is 2.75 bits per heavy atom. The summed E-state index contributed by atoms with van der Waals surface area (Å²) in [7, 11) is 0. The van der Waals surface area contributed by atoms with Crippen molar-refractivity contribution in [3.8, 4) is 5.75 Å². The molecule has 5 heteroatoms. The molecule has 0 aromatic heterocycles. The number of esters is 1. The van der Waals surface area contributed by atoms with Crippen LogP contribution < -0.4 is 0 Å². The summed E-state index contributed by atoms with van der Waals surface area (Å²) in [5, 5.41) is 19.7. The molecule has 1 fully saturated rings. The Labute approximate surface area is 140 Å². The highest BCUT2D eigenvalue weighted by atomic mass is 16.5. The highest BCUT2D eigenvalue weighted by molar-refractivity contribution is 5.97. The van der Waals surface area contributed by atoms with Gasteiger partial charge in [0.15, 0.2) is 0 Å². The average molecular weight is 330 g/mol. The third-order valence-electron chi connectivity index (χ3n) is 5.27. The van der Waals surface area contributed by atoms with E-state index in [2.05, 4.69) is 0 Å². The quantitative estimate of drug-likeness (QED) is 0.654. The minimum atomic E-state index is -0.744. The van der Waals surface area contributed by atoms with Gasteiger partial charge in [-0.05, 0) is 50.2 Å². The van der Waals surface area contributed by atoms with Crippen molar-refractivity contribution >= 4 is 11.9 Å². The van der Waals surface area contributed by atoms with E-state index in [0.717, 1.165) is 40.7 Å².